The van der Waals surface area contributed by atoms with E-state index in [1.165, 1.54) is 16.3 Å². The molecule has 0 spiro atoms. The Balaban J connectivity index is 1.34. The van der Waals surface area contributed by atoms with Crippen molar-refractivity contribution < 1.29 is 14.6 Å². The molecule has 3 unspecified atom stereocenters. The van der Waals surface area contributed by atoms with Gasteiger partial charge >= 0.3 is 5.97 Å². The topological polar surface area (TPSA) is 58.6 Å². The molecule has 0 bridgehead atoms. The van der Waals surface area contributed by atoms with Crippen molar-refractivity contribution in [3.63, 3.8) is 0 Å². The van der Waals surface area contributed by atoms with E-state index in [1.807, 2.05) is 38.1 Å². The number of benzene rings is 4. The van der Waals surface area contributed by atoms with Crippen molar-refractivity contribution >= 4 is 16.7 Å². The summed E-state index contributed by atoms with van der Waals surface area (Å²) in [5.41, 5.74) is 5.58. The maximum atomic E-state index is 12.0. The van der Waals surface area contributed by atoms with Crippen molar-refractivity contribution in [3.05, 3.63) is 112 Å². The summed E-state index contributed by atoms with van der Waals surface area (Å²) in [7, 11) is 0. The molecule has 1 heterocycles. The number of carbonyl (C=O) groups is 1. The van der Waals surface area contributed by atoms with Crippen LogP contribution in [0, 0.1) is 13.8 Å². The molecule has 3 atom stereocenters. The van der Waals surface area contributed by atoms with Gasteiger partial charge in [-0.05, 0) is 79.3 Å². The number of fused-ring (bicyclic) bond motifs is 2. The fourth-order valence-corrected chi connectivity index (χ4v) is 5.73. The molecule has 36 heavy (non-hydrogen) atoms. The third kappa shape index (κ3) is 4.61. The Kier molecular flexibility index (Phi) is 6.80. The number of hydrogen-bond donors (Lipinski definition) is 2. The van der Waals surface area contributed by atoms with Gasteiger partial charge in [-0.2, -0.15) is 0 Å². The number of carboxylic acids is 1. The van der Waals surface area contributed by atoms with Crippen molar-refractivity contribution in [2.24, 2.45) is 0 Å². The Hall–Kier alpha value is -3.63. The number of aryl methyl sites for hydroxylation is 1. The van der Waals surface area contributed by atoms with Crippen LogP contribution >= 0.6 is 0 Å². The Morgan fingerprint density at radius 2 is 1.72 bits per heavy atom. The predicted octanol–water partition coefficient (Wildman–Crippen LogP) is 7.18. The maximum absolute atomic E-state index is 12.0. The van der Waals surface area contributed by atoms with Crippen LogP contribution in [0.15, 0.2) is 78.9 Å². The molecule has 0 radical (unpaired) electrons. The minimum atomic E-state index is -0.865. The smallest absolute Gasteiger partial charge is 0.336 e. The Bertz CT molecular complexity index is 1400. The van der Waals surface area contributed by atoms with Crippen molar-refractivity contribution in [2.45, 2.75) is 51.7 Å². The van der Waals surface area contributed by atoms with Crippen LogP contribution in [0.25, 0.3) is 10.8 Å². The second-order valence-electron chi connectivity index (χ2n) is 9.88. The quantitative estimate of drug-likeness (QED) is 0.295. The van der Waals surface area contributed by atoms with Gasteiger partial charge < -0.3 is 15.2 Å². The molecule has 0 fully saturated rings. The van der Waals surface area contributed by atoms with E-state index in [1.54, 1.807) is 0 Å². The largest absolute Gasteiger partial charge is 0.490 e. The lowest BCUT2D eigenvalue weighted by atomic mass is 9.80. The van der Waals surface area contributed by atoms with Gasteiger partial charge in [-0.25, -0.2) is 4.79 Å². The monoisotopic (exact) mass is 479 g/mol. The van der Waals surface area contributed by atoms with Crippen molar-refractivity contribution in [3.8, 4) is 5.75 Å². The molecule has 4 aromatic rings. The molecule has 1 aliphatic rings. The summed E-state index contributed by atoms with van der Waals surface area (Å²) in [4.78, 5) is 12.0. The second kappa shape index (κ2) is 10.2. The van der Waals surface area contributed by atoms with Gasteiger partial charge in [0, 0.05) is 17.5 Å². The minimum Gasteiger partial charge on any atom is -0.490 e. The Labute approximate surface area is 212 Å². The van der Waals surface area contributed by atoms with Crippen molar-refractivity contribution in [1.29, 1.82) is 0 Å². The van der Waals surface area contributed by atoms with E-state index in [2.05, 4.69) is 66.8 Å². The van der Waals surface area contributed by atoms with Gasteiger partial charge in [0.2, 0.25) is 0 Å². The third-order valence-electron chi connectivity index (χ3n) is 7.60. The molecular formula is C32H33NO3. The van der Waals surface area contributed by atoms with Gasteiger partial charge in [0.25, 0.3) is 0 Å². The van der Waals surface area contributed by atoms with E-state index in [9.17, 15) is 9.90 Å². The number of para-hydroxylation sites is 1. The number of rotatable bonds is 7. The molecule has 5 rings (SSSR count). The van der Waals surface area contributed by atoms with Gasteiger partial charge in [0.05, 0.1) is 5.56 Å². The first-order valence-electron chi connectivity index (χ1n) is 12.7. The summed E-state index contributed by atoms with van der Waals surface area (Å²) < 4.78 is 6.43. The molecular weight excluding hydrogens is 446 g/mol. The maximum Gasteiger partial charge on any atom is 0.336 e. The highest BCUT2D eigenvalue weighted by atomic mass is 16.5. The summed E-state index contributed by atoms with van der Waals surface area (Å²) in [6, 6.07) is 27.4. The van der Waals surface area contributed by atoms with E-state index in [0.29, 0.717) is 5.56 Å². The van der Waals surface area contributed by atoms with Crippen LogP contribution in [0.5, 0.6) is 5.75 Å². The number of nitrogens with one attached hydrogen (secondary N) is 1. The molecule has 0 saturated heterocycles. The molecule has 4 nitrogen and oxygen atoms in total. The van der Waals surface area contributed by atoms with Crippen LogP contribution in [0.2, 0.25) is 0 Å². The first-order valence-corrected chi connectivity index (χ1v) is 12.7. The molecule has 184 valence electrons. The van der Waals surface area contributed by atoms with Crippen molar-refractivity contribution in [2.75, 3.05) is 6.54 Å². The molecule has 0 aromatic heterocycles. The molecule has 0 amide bonds. The molecule has 4 heteroatoms. The first-order chi connectivity index (χ1) is 17.4. The fourth-order valence-electron chi connectivity index (χ4n) is 5.73. The first kappa shape index (κ1) is 24.1. The van der Waals surface area contributed by atoms with E-state index in [4.69, 9.17) is 4.74 Å². The average molecular weight is 480 g/mol. The van der Waals surface area contributed by atoms with Gasteiger partial charge in [-0.1, -0.05) is 72.8 Å². The zero-order chi connectivity index (χ0) is 25.2. The van der Waals surface area contributed by atoms with Crippen LogP contribution in [-0.2, 0) is 0 Å². The summed E-state index contributed by atoms with van der Waals surface area (Å²) in [5, 5.41) is 16.1. The molecule has 4 aromatic carbocycles. The molecule has 0 aliphatic carbocycles. The lowest BCUT2D eigenvalue weighted by Gasteiger charge is -2.34. The highest BCUT2D eigenvalue weighted by Crippen LogP contribution is 2.42. The summed E-state index contributed by atoms with van der Waals surface area (Å²) in [6.07, 6.45) is 1.74. The van der Waals surface area contributed by atoms with Crippen LogP contribution in [0.3, 0.4) is 0 Å². The third-order valence-corrected chi connectivity index (χ3v) is 7.60. The fraction of sp³-hybridized carbons (Fsp3) is 0.281. The second-order valence-corrected chi connectivity index (χ2v) is 9.88. The number of ether oxygens (including phenoxy) is 1. The van der Waals surface area contributed by atoms with Crippen LogP contribution < -0.4 is 10.1 Å². The summed E-state index contributed by atoms with van der Waals surface area (Å²) in [6.45, 7) is 6.85. The minimum absolute atomic E-state index is 0.0473. The van der Waals surface area contributed by atoms with E-state index >= 15 is 0 Å². The highest BCUT2D eigenvalue weighted by Gasteiger charge is 2.31. The van der Waals surface area contributed by atoms with Gasteiger partial charge in [0.1, 0.15) is 11.9 Å². The summed E-state index contributed by atoms with van der Waals surface area (Å²) in [5.74, 6) is 0.141. The van der Waals surface area contributed by atoms with Gasteiger partial charge in [0.15, 0.2) is 0 Å². The predicted molar refractivity (Wildman–Crippen MR) is 145 cm³/mol. The lowest BCUT2D eigenvalue weighted by Crippen LogP contribution is -2.31. The zero-order valence-corrected chi connectivity index (χ0v) is 21.1. The van der Waals surface area contributed by atoms with Gasteiger partial charge in [-0.3, -0.25) is 0 Å². The average Bonchev–Trinajstić information content (AvgIpc) is 2.88. The SMILES string of the molecule is Cc1ccc(C2CC(CCNC(C)c3cccc4ccccc34)Oc3ccccc32)c(C)c1C(=O)O. The molecule has 2 N–H and O–H groups in total. The standard InChI is InChI=1S/C32H33NO3/c1-20-15-16-25(21(2)31(20)32(34)35)29-19-24(36-30-14-7-6-12-28(29)30)17-18-33-22(3)26-13-8-10-23-9-4-5-11-27(23)26/h4-16,22,24,29,33H,17-19H2,1-3H3,(H,34,35). The van der Waals surface area contributed by atoms with E-state index in [0.717, 1.165) is 47.4 Å². The van der Waals surface area contributed by atoms with Crippen LogP contribution in [0.1, 0.15) is 69.9 Å². The number of carboxylic acid groups (broad SMARTS) is 1. The zero-order valence-electron chi connectivity index (χ0n) is 21.1. The molecule has 1 aliphatic heterocycles. The lowest BCUT2D eigenvalue weighted by molar-refractivity contribution is 0.0695. The van der Waals surface area contributed by atoms with Crippen LogP contribution in [0.4, 0.5) is 0 Å². The Morgan fingerprint density at radius 1 is 0.972 bits per heavy atom. The Morgan fingerprint density at radius 3 is 2.56 bits per heavy atom. The number of hydrogen-bond acceptors (Lipinski definition) is 3. The summed E-state index contributed by atoms with van der Waals surface area (Å²) >= 11 is 0. The van der Waals surface area contributed by atoms with E-state index < -0.39 is 5.97 Å². The highest BCUT2D eigenvalue weighted by molar-refractivity contribution is 5.91. The van der Waals surface area contributed by atoms with Gasteiger partial charge in [-0.15, -0.1) is 0 Å². The normalized spacial score (nSPS) is 17.9. The molecule has 0 saturated carbocycles. The number of aromatic carboxylic acids is 1. The van der Waals surface area contributed by atoms with Crippen LogP contribution in [-0.4, -0.2) is 23.7 Å². The van der Waals surface area contributed by atoms with E-state index in [-0.39, 0.29) is 18.1 Å². The van der Waals surface area contributed by atoms with Crippen molar-refractivity contribution in [1.82, 2.24) is 5.32 Å².